The monoisotopic (exact) mass is 382 g/mol. The normalized spacial score (nSPS) is 16.6. The standard InChI is InChI=1S/C16H21F3N2O3.ClH/c1-23-10-15(6-8-20-9-7-15)14(22)21-12-2-4-13(5-3-12)24-11-16(17,18)19;/h2-5,20H,6-11H2,1H3,(H,21,22);1H. The topological polar surface area (TPSA) is 59.6 Å². The van der Waals surface area contributed by atoms with Crippen LogP contribution >= 0.6 is 12.4 Å². The van der Waals surface area contributed by atoms with E-state index in [1.807, 2.05) is 0 Å². The van der Waals surface area contributed by atoms with Crippen molar-refractivity contribution in [3.8, 4) is 5.75 Å². The van der Waals surface area contributed by atoms with Crippen LogP contribution in [0.3, 0.4) is 0 Å². The number of piperidine rings is 1. The van der Waals surface area contributed by atoms with Gasteiger partial charge < -0.3 is 20.1 Å². The first kappa shape index (κ1) is 21.5. The number of hydrogen-bond donors (Lipinski definition) is 2. The van der Waals surface area contributed by atoms with Crippen LogP contribution < -0.4 is 15.4 Å². The van der Waals surface area contributed by atoms with Gasteiger partial charge in [-0.25, -0.2) is 0 Å². The van der Waals surface area contributed by atoms with Crippen molar-refractivity contribution in [2.45, 2.75) is 19.0 Å². The van der Waals surface area contributed by atoms with E-state index >= 15 is 0 Å². The third-order valence-electron chi connectivity index (χ3n) is 3.98. The molecular weight excluding hydrogens is 361 g/mol. The highest BCUT2D eigenvalue weighted by Crippen LogP contribution is 2.31. The Kier molecular flexibility index (Phi) is 7.98. The third-order valence-corrected chi connectivity index (χ3v) is 3.98. The average molecular weight is 383 g/mol. The molecule has 1 aliphatic rings. The van der Waals surface area contributed by atoms with Crippen molar-refractivity contribution in [1.82, 2.24) is 5.32 Å². The van der Waals surface area contributed by atoms with Crippen molar-refractivity contribution < 1.29 is 27.4 Å². The predicted octanol–water partition coefficient (Wildman–Crippen LogP) is 3.00. The largest absolute Gasteiger partial charge is 0.484 e. The van der Waals surface area contributed by atoms with E-state index in [1.54, 1.807) is 7.11 Å². The van der Waals surface area contributed by atoms with Gasteiger partial charge in [-0.15, -0.1) is 12.4 Å². The van der Waals surface area contributed by atoms with E-state index < -0.39 is 18.2 Å². The quantitative estimate of drug-likeness (QED) is 0.794. The lowest BCUT2D eigenvalue weighted by Gasteiger charge is -2.35. The zero-order valence-corrected chi connectivity index (χ0v) is 14.6. The van der Waals surface area contributed by atoms with E-state index in [-0.39, 0.29) is 24.1 Å². The fourth-order valence-electron chi connectivity index (χ4n) is 2.68. The third kappa shape index (κ3) is 6.37. The summed E-state index contributed by atoms with van der Waals surface area (Å²) in [6.45, 7) is 0.456. The lowest BCUT2D eigenvalue weighted by Crippen LogP contribution is -2.47. The summed E-state index contributed by atoms with van der Waals surface area (Å²) in [5.74, 6) is -0.0476. The number of methoxy groups -OCH3 is 1. The summed E-state index contributed by atoms with van der Waals surface area (Å²) < 4.78 is 46.2. The SMILES string of the molecule is COCC1(C(=O)Nc2ccc(OCC(F)(F)F)cc2)CCNCC1.Cl. The van der Waals surface area contributed by atoms with Crippen LogP contribution in [0.4, 0.5) is 18.9 Å². The molecule has 9 heteroatoms. The van der Waals surface area contributed by atoms with E-state index in [9.17, 15) is 18.0 Å². The number of halogens is 4. The van der Waals surface area contributed by atoms with Crippen LogP contribution in [0.5, 0.6) is 5.75 Å². The molecule has 25 heavy (non-hydrogen) atoms. The molecule has 0 aliphatic carbocycles. The van der Waals surface area contributed by atoms with Gasteiger partial charge in [0, 0.05) is 12.8 Å². The summed E-state index contributed by atoms with van der Waals surface area (Å²) >= 11 is 0. The molecule has 1 aliphatic heterocycles. The molecule has 2 rings (SSSR count). The summed E-state index contributed by atoms with van der Waals surface area (Å²) in [7, 11) is 1.56. The number of rotatable bonds is 6. The van der Waals surface area contributed by atoms with Gasteiger partial charge in [0.15, 0.2) is 6.61 Å². The molecule has 0 saturated carbocycles. The molecule has 1 fully saturated rings. The first-order valence-electron chi connectivity index (χ1n) is 7.65. The van der Waals surface area contributed by atoms with Crippen LogP contribution in [0.2, 0.25) is 0 Å². The number of ether oxygens (including phenoxy) is 2. The van der Waals surface area contributed by atoms with Crippen LogP contribution in [0.1, 0.15) is 12.8 Å². The Hall–Kier alpha value is -1.51. The minimum absolute atomic E-state index is 0. The Labute approximate surface area is 150 Å². The number of hydrogen-bond acceptors (Lipinski definition) is 4. The first-order valence-corrected chi connectivity index (χ1v) is 7.65. The highest BCUT2D eigenvalue weighted by Gasteiger charge is 2.39. The van der Waals surface area contributed by atoms with Crippen LogP contribution in [0.15, 0.2) is 24.3 Å². The van der Waals surface area contributed by atoms with Crippen molar-refractivity contribution in [2.24, 2.45) is 5.41 Å². The highest BCUT2D eigenvalue weighted by atomic mass is 35.5. The second-order valence-corrected chi connectivity index (χ2v) is 5.85. The van der Waals surface area contributed by atoms with Crippen molar-refractivity contribution in [3.63, 3.8) is 0 Å². The Morgan fingerprint density at radius 3 is 2.36 bits per heavy atom. The Morgan fingerprint density at radius 2 is 1.84 bits per heavy atom. The molecule has 1 amide bonds. The van der Waals surface area contributed by atoms with E-state index in [0.29, 0.717) is 25.1 Å². The van der Waals surface area contributed by atoms with E-state index in [2.05, 4.69) is 15.4 Å². The molecule has 2 N–H and O–H groups in total. The molecule has 1 aromatic rings. The summed E-state index contributed by atoms with van der Waals surface area (Å²) in [6, 6.07) is 5.83. The molecule has 0 aromatic heterocycles. The minimum atomic E-state index is -4.38. The van der Waals surface area contributed by atoms with Gasteiger partial charge in [0.1, 0.15) is 5.75 Å². The Bertz CT molecular complexity index is 541. The molecule has 0 spiro atoms. The fraction of sp³-hybridized carbons (Fsp3) is 0.562. The maximum atomic E-state index is 12.6. The second-order valence-electron chi connectivity index (χ2n) is 5.85. The van der Waals surface area contributed by atoms with E-state index in [0.717, 1.165) is 13.1 Å². The van der Waals surface area contributed by atoms with Gasteiger partial charge in [-0.2, -0.15) is 13.2 Å². The summed E-state index contributed by atoms with van der Waals surface area (Å²) in [6.07, 6.45) is -3.05. The lowest BCUT2D eigenvalue weighted by atomic mass is 9.78. The Morgan fingerprint density at radius 1 is 1.24 bits per heavy atom. The zero-order chi connectivity index (χ0) is 17.6. The maximum absolute atomic E-state index is 12.6. The van der Waals surface area contributed by atoms with Gasteiger partial charge in [-0.05, 0) is 50.2 Å². The molecule has 142 valence electrons. The van der Waals surface area contributed by atoms with Gasteiger partial charge in [-0.3, -0.25) is 4.79 Å². The summed E-state index contributed by atoms with van der Waals surface area (Å²) in [5, 5.41) is 6.02. The lowest BCUT2D eigenvalue weighted by molar-refractivity contribution is -0.153. The molecular formula is C16H22ClF3N2O3. The van der Waals surface area contributed by atoms with Gasteiger partial charge in [0.05, 0.1) is 12.0 Å². The number of carbonyl (C=O) groups is 1. The van der Waals surface area contributed by atoms with Crippen LogP contribution in [0.25, 0.3) is 0 Å². The molecule has 1 heterocycles. The number of amides is 1. The van der Waals surface area contributed by atoms with Crippen LogP contribution in [0, 0.1) is 5.41 Å². The number of nitrogens with one attached hydrogen (secondary N) is 2. The van der Waals surface area contributed by atoms with Crippen molar-refractivity contribution in [3.05, 3.63) is 24.3 Å². The molecule has 1 saturated heterocycles. The molecule has 0 atom stereocenters. The molecule has 0 unspecified atom stereocenters. The molecule has 5 nitrogen and oxygen atoms in total. The summed E-state index contributed by atoms with van der Waals surface area (Å²) in [4.78, 5) is 12.6. The first-order chi connectivity index (χ1) is 11.3. The van der Waals surface area contributed by atoms with E-state index in [1.165, 1.54) is 24.3 Å². The second kappa shape index (κ2) is 9.26. The Balaban J connectivity index is 0.00000312. The van der Waals surface area contributed by atoms with E-state index in [4.69, 9.17) is 4.74 Å². The van der Waals surface area contributed by atoms with Crippen molar-refractivity contribution in [1.29, 1.82) is 0 Å². The smallest absolute Gasteiger partial charge is 0.422 e. The number of benzene rings is 1. The van der Waals surface area contributed by atoms with Gasteiger partial charge in [-0.1, -0.05) is 0 Å². The molecule has 1 aromatic carbocycles. The average Bonchev–Trinajstić information content (AvgIpc) is 2.54. The molecule has 0 radical (unpaired) electrons. The summed E-state index contributed by atoms with van der Waals surface area (Å²) in [5.41, 5.74) is -0.0841. The number of alkyl halides is 3. The highest BCUT2D eigenvalue weighted by molar-refractivity contribution is 5.95. The number of carbonyl (C=O) groups excluding carboxylic acids is 1. The predicted molar refractivity (Wildman–Crippen MR) is 90.3 cm³/mol. The van der Waals surface area contributed by atoms with Crippen molar-refractivity contribution in [2.75, 3.05) is 38.7 Å². The maximum Gasteiger partial charge on any atom is 0.422 e. The van der Waals surface area contributed by atoms with Crippen LogP contribution in [-0.2, 0) is 9.53 Å². The number of anilines is 1. The minimum Gasteiger partial charge on any atom is -0.484 e. The van der Waals surface area contributed by atoms with Gasteiger partial charge in [0.25, 0.3) is 0 Å². The zero-order valence-electron chi connectivity index (χ0n) is 13.8. The fourth-order valence-corrected chi connectivity index (χ4v) is 2.68. The molecule has 0 bridgehead atoms. The van der Waals surface area contributed by atoms with Crippen LogP contribution in [-0.4, -0.2) is 45.5 Å². The van der Waals surface area contributed by atoms with Gasteiger partial charge >= 0.3 is 6.18 Å². The van der Waals surface area contributed by atoms with Gasteiger partial charge in [0.2, 0.25) is 5.91 Å². The van der Waals surface area contributed by atoms with Crippen molar-refractivity contribution >= 4 is 24.0 Å².